The van der Waals surface area contributed by atoms with Gasteiger partial charge in [-0.1, -0.05) is 0 Å². The third-order valence-electron chi connectivity index (χ3n) is 1.55. The van der Waals surface area contributed by atoms with Crippen LogP contribution in [0.5, 0.6) is 0 Å². The molecule has 0 aliphatic carbocycles. The summed E-state index contributed by atoms with van der Waals surface area (Å²) >= 11 is 0. The quantitative estimate of drug-likeness (QED) is 0.713. The summed E-state index contributed by atoms with van der Waals surface area (Å²) in [5.74, 6) is 1.87. The third kappa shape index (κ3) is 2.47. The molecule has 0 amide bonds. The Morgan fingerprint density at radius 2 is 2.15 bits per heavy atom. The third-order valence-corrected chi connectivity index (χ3v) is 1.55. The number of rotatable bonds is 3. The molecule has 1 aromatic heterocycles. The fourth-order valence-electron chi connectivity index (χ4n) is 0.953. The molecule has 0 saturated heterocycles. The van der Waals surface area contributed by atoms with Crippen LogP contribution in [0.4, 0.5) is 17.6 Å². The Kier molecular flexibility index (Phi) is 2.89. The molecule has 3 N–H and O–H groups in total. The molecule has 0 bridgehead atoms. The molecule has 1 rings (SSSR count). The van der Waals surface area contributed by atoms with Crippen molar-refractivity contribution in [2.75, 3.05) is 36.6 Å². The summed E-state index contributed by atoms with van der Waals surface area (Å²) < 4.78 is 0. The van der Waals surface area contributed by atoms with Crippen LogP contribution < -0.4 is 16.0 Å². The lowest BCUT2D eigenvalue weighted by atomic mass is 10.5. The number of aromatic nitrogens is 2. The van der Waals surface area contributed by atoms with E-state index in [0.717, 1.165) is 18.2 Å². The van der Waals surface area contributed by atoms with Crippen LogP contribution >= 0.6 is 0 Å². The highest BCUT2D eigenvalue weighted by Gasteiger charge is 2.02. The molecule has 0 radical (unpaired) electrons. The first-order chi connectivity index (χ1) is 6.13. The van der Waals surface area contributed by atoms with E-state index in [2.05, 4.69) is 15.3 Å². The largest absolute Gasteiger partial charge is 0.370 e. The molecule has 1 heterocycles. The maximum Gasteiger partial charge on any atom is 0.223 e. The van der Waals surface area contributed by atoms with Crippen LogP contribution in [0.1, 0.15) is 6.92 Å². The van der Waals surface area contributed by atoms with Gasteiger partial charge in [0.1, 0.15) is 11.6 Å². The fourth-order valence-corrected chi connectivity index (χ4v) is 0.953. The Bertz CT molecular complexity index is 284. The van der Waals surface area contributed by atoms with Crippen LogP contribution in [-0.2, 0) is 0 Å². The van der Waals surface area contributed by atoms with Crippen LogP contribution in [0.2, 0.25) is 0 Å². The molecule has 5 heteroatoms. The van der Waals surface area contributed by atoms with Crippen molar-refractivity contribution in [1.29, 1.82) is 0 Å². The number of hydrogen-bond donors (Lipinski definition) is 2. The van der Waals surface area contributed by atoms with Gasteiger partial charge in [0.15, 0.2) is 0 Å². The second-order valence-corrected chi connectivity index (χ2v) is 2.89. The highest BCUT2D eigenvalue weighted by Crippen LogP contribution is 2.13. The smallest absolute Gasteiger partial charge is 0.223 e. The van der Waals surface area contributed by atoms with E-state index >= 15 is 0 Å². The molecule has 0 atom stereocenters. The van der Waals surface area contributed by atoms with Crippen LogP contribution in [0.15, 0.2) is 6.07 Å². The number of nitrogens with one attached hydrogen (secondary N) is 1. The average molecular weight is 181 g/mol. The predicted molar refractivity (Wildman–Crippen MR) is 54.9 cm³/mol. The molecule has 72 valence electrons. The summed E-state index contributed by atoms with van der Waals surface area (Å²) in [6.45, 7) is 2.83. The summed E-state index contributed by atoms with van der Waals surface area (Å²) in [5, 5.41) is 3.09. The van der Waals surface area contributed by atoms with Gasteiger partial charge in [0.25, 0.3) is 0 Å². The van der Waals surface area contributed by atoms with Crippen LogP contribution in [0.3, 0.4) is 0 Å². The summed E-state index contributed by atoms with van der Waals surface area (Å²) in [6, 6.07) is 1.86. The standard InChI is InChI=1S/C8H15N5/c1-4-10-6-5-7(13(2)3)12-8(9)11-6/h5H,4H2,1-3H3,(H3,9,10,11,12). The molecule has 0 saturated carbocycles. The Hall–Kier alpha value is -1.52. The lowest BCUT2D eigenvalue weighted by Crippen LogP contribution is -2.13. The van der Waals surface area contributed by atoms with E-state index < -0.39 is 0 Å². The van der Waals surface area contributed by atoms with Crippen LogP contribution in [0, 0.1) is 0 Å². The molecule has 0 aromatic carbocycles. The van der Waals surface area contributed by atoms with Gasteiger partial charge in [0.2, 0.25) is 5.95 Å². The molecule has 13 heavy (non-hydrogen) atoms. The minimum Gasteiger partial charge on any atom is -0.370 e. The van der Waals surface area contributed by atoms with Crippen molar-refractivity contribution in [3.8, 4) is 0 Å². The van der Waals surface area contributed by atoms with Gasteiger partial charge in [-0.3, -0.25) is 0 Å². The number of nitrogens with two attached hydrogens (primary N) is 1. The Labute approximate surface area is 78.0 Å². The number of anilines is 3. The number of hydrogen-bond acceptors (Lipinski definition) is 5. The highest BCUT2D eigenvalue weighted by molar-refractivity contribution is 5.51. The lowest BCUT2D eigenvalue weighted by Gasteiger charge is -2.12. The van der Waals surface area contributed by atoms with E-state index in [1.165, 1.54) is 0 Å². The first-order valence-electron chi connectivity index (χ1n) is 4.19. The Morgan fingerprint density at radius 3 is 2.69 bits per heavy atom. The number of nitrogen functional groups attached to an aromatic ring is 1. The van der Waals surface area contributed by atoms with Crippen molar-refractivity contribution < 1.29 is 0 Å². The van der Waals surface area contributed by atoms with Crippen molar-refractivity contribution in [1.82, 2.24) is 9.97 Å². The fraction of sp³-hybridized carbons (Fsp3) is 0.500. The van der Waals surface area contributed by atoms with Crippen molar-refractivity contribution in [2.24, 2.45) is 0 Å². The van der Waals surface area contributed by atoms with Crippen molar-refractivity contribution in [2.45, 2.75) is 6.92 Å². The van der Waals surface area contributed by atoms with E-state index in [-0.39, 0.29) is 0 Å². The summed E-state index contributed by atoms with van der Waals surface area (Å²) in [5.41, 5.74) is 5.54. The second kappa shape index (κ2) is 3.93. The van der Waals surface area contributed by atoms with E-state index in [1.807, 2.05) is 32.0 Å². The molecule has 0 aliphatic rings. The van der Waals surface area contributed by atoms with E-state index in [9.17, 15) is 0 Å². The molecule has 5 nitrogen and oxygen atoms in total. The van der Waals surface area contributed by atoms with Crippen LogP contribution in [-0.4, -0.2) is 30.6 Å². The molecular weight excluding hydrogens is 166 g/mol. The zero-order chi connectivity index (χ0) is 9.84. The zero-order valence-electron chi connectivity index (χ0n) is 8.20. The molecular formula is C8H15N5. The van der Waals surface area contributed by atoms with Gasteiger partial charge in [0.05, 0.1) is 0 Å². The lowest BCUT2D eigenvalue weighted by molar-refractivity contribution is 1.04. The van der Waals surface area contributed by atoms with Gasteiger partial charge >= 0.3 is 0 Å². The van der Waals surface area contributed by atoms with Gasteiger partial charge in [-0.15, -0.1) is 0 Å². The SMILES string of the molecule is CCNc1cc(N(C)C)nc(N)n1. The predicted octanol–water partition coefficient (Wildman–Crippen LogP) is 0.557. The van der Waals surface area contributed by atoms with Gasteiger partial charge in [-0.2, -0.15) is 9.97 Å². The van der Waals surface area contributed by atoms with Gasteiger partial charge in [0, 0.05) is 26.7 Å². The maximum atomic E-state index is 5.54. The average Bonchev–Trinajstić information content (AvgIpc) is 2.03. The second-order valence-electron chi connectivity index (χ2n) is 2.89. The molecule has 0 aliphatic heterocycles. The summed E-state index contributed by atoms with van der Waals surface area (Å²) in [4.78, 5) is 9.99. The van der Waals surface area contributed by atoms with E-state index in [4.69, 9.17) is 5.73 Å². The van der Waals surface area contributed by atoms with Crippen molar-refractivity contribution >= 4 is 17.6 Å². The molecule has 0 unspecified atom stereocenters. The molecule has 1 aromatic rings. The topological polar surface area (TPSA) is 67.1 Å². The first kappa shape index (κ1) is 9.57. The Balaban J connectivity index is 2.96. The minimum atomic E-state index is 0.294. The van der Waals surface area contributed by atoms with Crippen LogP contribution in [0.25, 0.3) is 0 Å². The van der Waals surface area contributed by atoms with Crippen molar-refractivity contribution in [3.05, 3.63) is 6.07 Å². The van der Waals surface area contributed by atoms with Gasteiger partial charge < -0.3 is 16.0 Å². The normalized spacial score (nSPS) is 9.77. The first-order valence-corrected chi connectivity index (χ1v) is 4.19. The van der Waals surface area contributed by atoms with E-state index in [1.54, 1.807) is 0 Å². The maximum absolute atomic E-state index is 5.54. The van der Waals surface area contributed by atoms with Gasteiger partial charge in [-0.05, 0) is 6.92 Å². The number of nitrogens with zero attached hydrogens (tertiary/aromatic N) is 3. The zero-order valence-corrected chi connectivity index (χ0v) is 8.20. The van der Waals surface area contributed by atoms with E-state index in [0.29, 0.717) is 5.95 Å². The molecule has 0 fully saturated rings. The Morgan fingerprint density at radius 1 is 1.46 bits per heavy atom. The summed E-state index contributed by atoms with van der Waals surface area (Å²) in [6.07, 6.45) is 0. The highest BCUT2D eigenvalue weighted by atomic mass is 15.2. The summed E-state index contributed by atoms with van der Waals surface area (Å²) in [7, 11) is 3.83. The van der Waals surface area contributed by atoms with Gasteiger partial charge in [-0.25, -0.2) is 0 Å². The van der Waals surface area contributed by atoms with Crippen molar-refractivity contribution in [3.63, 3.8) is 0 Å². The minimum absolute atomic E-state index is 0.294. The molecule has 0 spiro atoms. The monoisotopic (exact) mass is 181 g/mol.